The Labute approximate surface area is 118 Å². The maximum absolute atomic E-state index is 13.5. The molecule has 110 valence electrons. The fourth-order valence-corrected chi connectivity index (χ4v) is 1.59. The van der Waals surface area contributed by atoms with Gasteiger partial charge in [-0.05, 0) is 24.3 Å². The summed E-state index contributed by atoms with van der Waals surface area (Å²) in [7, 11) is 0. The van der Waals surface area contributed by atoms with Crippen LogP contribution in [0.3, 0.4) is 0 Å². The number of carbonyl (C=O) groups excluding carboxylic acids is 2. The van der Waals surface area contributed by atoms with Crippen molar-refractivity contribution in [3.05, 3.63) is 53.2 Å². The number of ether oxygens (including phenoxy) is 1. The van der Waals surface area contributed by atoms with Crippen LogP contribution in [0.15, 0.2) is 34.7 Å². The average molecular weight is 293 g/mol. The number of primary amides is 1. The number of nitrogens with two attached hydrogens (primary N) is 2. The number of halogens is 1. The fourth-order valence-electron chi connectivity index (χ4n) is 1.59. The monoisotopic (exact) mass is 293 g/mol. The van der Waals surface area contributed by atoms with E-state index in [-0.39, 0.29) is 23.7 Å². The summed E-state index contributed by atoms with van der Waals surface area (Å²) in [5.74, 6) is 3.34. The Balaban J connectivity index is 2.03. The average Bonchev–Trinajstić information content (AvgIpc) is 2.92. The normalized spacial score (nSPS) is 10.2. The van der Waals surface area contributed by atoms with Crippen LogP contribution >= 0.6 is 0 Å². The van der Waals surface area contributed by atoms with E-state index in [1.165, 1.54) is 24.3 Å². The number of hydrogen-bond donors (Lipinski definition) is 3. The summed E-state index contributed by atoms with van der Waals surface area (Å²) >= 11 is 0. The third kappa shape index (κ3) is 3.37. The van der Waals surface area contributed by atoms with E-state index >= 15 is 0 Å². The van der Waals surface area contributed by atoms with E-state index in [9.17, 15) is 14.0 Å². The number of nitrogens with one attached hydrogen (secondary N) is 1. The molecule has 0 aliphatic carbocycles. The molecule has 21 heavy (non-hydrogen) atoms. The lowest BCUT2D eigenvalue weighted by atomic mass is 10.2. The van der Waals surface area contributed by atoms with E-state index < -0.39 is 17.6 Å². The Morgan fingerprint density at radius 2 is 2.05 bits per heavy atom. The van der Waals surface area contributed by atoms with E-state index in [2.05, 4.69) is 0 Å². The highest BCUT2D eigenvalue weighted by Gasteiger charge is 2.11. The number of amides is 2. The lowest BCUT2D eigenvalue weighted by molar-refractivity contribution is 0.0921. The van der Waals surface area contributed by atoms with Crippen molar-refractivity contribution in [2.45, 2.75) is 6.61 Å². The number of nitrogen functional groups attached to an aromatic ring is 1. The predicted molar refractivity (Wildman–Crippen MR) is 69.6 cm³/mol. The number of benzene rings is 1. The maximum Gasteiger partial charge on any atom is 0.300 e. The van der Waals surface area contributed by atoms with Crippen molar-refractivity contribution in [2.75, 3.05) is 0 Å². The minimum absolute atomic E-state index is 0.0206. The minimum atomic E-state index is -0.859. The van der Waals surface area contributed by atoms with E-state index in [0.29, 0.717) is 5.76 Å². The van der Waals surface area contributed by atoms with Gasteiger partial charge in [0.15, 0.2) is 5.76 Å². The predicted octanol–water partition coefficient (Wildman–Crippen LogP) is 0.700. The first-order valence-corrected chi connectivity index (χ1v) is 5.83. The molecule has 0 saturated carbocycles. The van der Waals surface area contributed by atoms with Crippen LogP contribution in [0.4, 0.5) is 4.39 Å². The largest absolute Gasteiger partial charge is 0.486 e. The summed E-state index contributed by atoms with van der Waals surface area (Å²) < 4.78 is 24.0. The Bertz CT molecular complexity index is 684. The maximum atomic E-state index is 13.5. The van der Waals surface area contributed by atoms with Gasteiger partial charge >= 0.3 is 5.91 Å². The second-order valence-corrected chi connectivity index (χ2v) is 4.03. The molecule has 0 saturated heterocycles. The quantitative estimate of drug-likeness (QED) is 0.425. The van der Waals surface area contributed by atoms with Gasteiger partial charge in [0.25, 0.3) is 5.91 Å². The van der Waals surface area contributed by atoms with Gasteiger partial charge in [-0.3, -0.25) is 15.0 Å². The van der Waals surface area contributed by atoms with Gasteiger partial charge in [-0.15, -0.1) is 0 Å². The first kappa shape index (κ1) is 14.5. The van der Waals surface area contributed by atoms with Crippen LogP contribution in [0.25, 0.3) is 0 Å². The van der Waals surface area contributed by atoms with Crippen LogP contribution in [0.2, 0.25) is 0 Å². The van der Waals surface area contributed by atoms with Crippen molar-refractivity contribution >= 4 is 11.8 Å². The molecule has 0 aliphatic heterocycles. The Hall–Kier alpha value is -2.87. The van der Waals surface area contributed by atoms with Gasteiger partial charge in [-0.1, -0.05) is 0 Å². The molecule has 2 amide bonds. The van der Waals surface area contributed by atoms with Crippen molar-refractivity contribution in [3.8, 4) is 5.75 Å². The smallest absolute Gasteiger partial charge is 0.300 e. The third-order valence-electron chi connectivity index (χ3n) is 2.60. The number of hydrazine groups is 1. The zero-order valence-corrected chi connectivity index (χ0v) is 10.8. The number of furan rings is 1. The molecule has 1 aromatic heterocycles. The van der Waals surface area contributed by atoms with Gasteiger partial charge in [0.2, 0.25) is 0 Å². The summed E-state index contributed by atoms with van der Waals surface area (Å²) in [6, 6.07) is 6.62. The van der Waals surface area contributed by atoms with Crippen LogP contribution in [-0.2, 0) is 6.61 Å². The van der Waals surface area contributed by atoms with Gasteiger partial charge in [0.1, 0.15) is 23.9 Å². The minimum Gasteiger partial charge on any atom is -0.486 e. The molecule has 0 fully saturated rings. The van der Waals surface area contributed by atoms with Crippen LogP contribution in [-0.4, -0.2) is 11.8 Å². The number of hydrogen-bond acceptors (Lipinski definition) is 5. The highest BCUT2D eigenvalue weighted by Crippen LogP contribution is 2.18. The fraction of sp³-hybridized carbons (Fsp3) is 0.0769. The van der Waals surface area contributed by atoms with Gasteiger partial charge < -0.3 is 14.9 Å². The zero-order chi connectivity index (χ0) is 15.4. The number of rotatable bonds is 5. The van der Waals surface area contributed by atoms with Crippen LogP contribution < -0.4 is 21.7 Å². The number of carbonyl (C=O) groups is 2. The van der Waals surface area contributed by atoms with Gasteiger partial charge in [0.05, 0.1) is 5.56 Å². The summed E-state index contributed by atoms with van der Waals surface area (Å²) in [6.45, 7) is -0.0206. The van der Waals surface area contributed by atoms with Gasteiger partial charge in [-0.25, -0.2) is 10.2 Å². The molecule has 2 aromatic rings. The zero-order valence-electron chi connectivity index (χ0n) is 10.8. The summed E-state index contributed by atoms with van der Waals surface area (Å²) in [6.07, 6.45) is 0. The molecule has 1 heterocycles. The Kier molecular flexibility index (Phi) is 4.19. The molecule has 0 unspecified atom stereocenters. The molecule has 8 heteroatoms. The lowest BCUT2D eigenvalue weighted by Gasteiger charge is -2.05. The van der Waals surface area contributed by atoms with Crippen molar-refractivity contribution in [2.24, 2.45) is 11.6 Å². The van der Waals surface area contributed by atoms with E-state index in [1.807, 2.05) is 5.43 Å². The first-order chi connectivity index (χ1) is 10.0. The molecule has 0 spiro atoms. The summed E-state index contributed by atoms with van der Waals surface area (Å²) in [5.41, 5.74) is 6.70. The van der Waals surface area contributed by atoms with Crippen molar-refractivity contribution < 1.29 is 23.1 Å². The van der Waals surface area contributed by atoms with Crippen molar-refractivity contribution in [1.29, 1.82) is 0 Å². The standard InChI is InChI=1S/C13H12FN3O4/c14-10-5-7(1-3-9(10)12(15)18)20-6-8-2-4-11(21-8)13(19)17-16/h1-5H,6,16H2,(H2,15,18)(H,17,19). The van der Waals surface area contributed by atoms with Gasteiger partial charge in [0, 0.05) is 6.07 Å². The van der Waals surface area contributed by atoms with Crippen LogP contribution in [0, 0.1) is 5.82 Å². The van der Waals surface area contributed by atoms with E-state index in [0.717, 1.165) is 6.07 Å². The van der Waals surface area contributed by atoms with Crippen molar-refractivity contribution in [1.82, 2.24) is 5.43 Å². The van der Waals surface area contributed by atoms with Crippen molar-refractivity contribution in [3.63, 3.8) is 0 Å². The molecule has 5 N–H and O–H groups in total. The van der Waals surface area contributed by atoms with E-state index in [4.69, 9.17) is 20.7 Å². The molecular weight excluding hydrogens is 281 g/mol. The van der Waals surface area contributed by atoms with Gasteiger partial charge in [-0.2, -0.15) is 0 Å². The molecule has 0 radical (unpaired) electrons. The first-order valence-electron chi connectivity index (χ1n) is 5.83. The van der Waals surface area contributed by atoms with E-state index in [1.54, 1.807) is 0 Å². The Morgan fingerprint density at radius 3 is 2.67 bits per heavy atom. The summed E-state index contributed by atoms with van der Waals surface area (Å²) in [4.78, 5) is 22.1. The topological polar surface area (TPSA) is 121 Å². The molecule has 2 rings (SSSR count). The highest BCUT2D eigenvalue weighted by molar-refractivity contribution is 5.93. The third-order valence-corrected chi connectivity index (χ3v) is 2.60. The molecular formula is C13H12FN3O4. The second-order valence-electron chi connectivity index (χ2n) is 4.03. The highest BCUT2D eigenvalue weighted by atomic mass is 19.1. The molecule has 7 nitrogen and oxygen atoms in total. The molecule has 0 aliphatic rings. The van der Waals surface area contributed by atoms with Crippen LogP contribution in [0.5, 0.6) is 5.75 Å². The second kappa shape index (κ2) is 6.06. The summed E-state index contributed by atoms with van der Waals surface area (Å²) in [5, 5.41) is 0. The lowest BCUT2D eigenvalue weighted by Crippen LogP contribution is -2.29. The van der Waals surface area contributed by atoms with Crippen LogP contribution in [0.1, 0.15) is 26.7 Å². The SMILES string of the molecule is NNC(=O)c1ccc(COc2ccc(C(N)=O)c(F)c2)o1. The Morgan fingerprint density at radius 1 is 1.29 bits per heavy atom. The molecule has 0 bridgehead atoms. The molecule has 1 aromatic carbocycles. The molecule has 0 atom stereocenters.